The second-order valence-electron chi connectivity index (χ2n) is 3.94. The summed E-state index contributed by atoms with van der Waals surface area (Å²) in [5.41, 5.74) is 0.261. The third-order valence-electron chi connectivity index (χ3n) is 1.35. The molecule has 1 amide bonds. The topological polar surface area (TPSA) is 38.7 Å². The van der Waals surface area contributed by atoms with Crippen molar-refractivity contribution in [2.45, 2.75) is 46.6 Å². The second kappa shape index (κ2) is 5.58. The minimum absolute atomic E-state index is 0.477. The standard InChI is InChI=1S/C11H19NO2/c1-6-8-9(7-2)12-10(13)14-11(3,4)5/h6,8H,7H2,1-5H3/b8-6-,12-9?. The molecule has 0 atom stereocenters. The van der Waals surface area contributed by atoms with Crippen LogP contribution in [0.2, 0.25) is 0 Å². The number of rotatable bonds is 2. The van der Waals surface area contributed by atoms with Gasteiger partial charge >= 0.3 is 6.09 Å². The lowest BCUT2D eigenvalue weighted by molar-refractivity contribution is 0.0604. The largest absolute Gasteiger partial charge is 0.442 e. The van der Waals surface area contributed by atoms with E-state index < -0.39 is 11.7 Å². The van der Waals surface area contributed by atoms with Crippen LogP contribution in [-0.2, 0) is 4.74 Å². The van der Waals surface area contributed by atoms with Crippen LogP contribution in [-0.4, -0.2) is 17.4 Å². The van der Waals surface area contributed by atoms with E-state index in [9.17, 15) is 4.79 Å². The SMILES string of the molecule is C/C=C\C(CC)=NC(=O)OC(C)(C)C. The molecule has 3 heteroatoms. The van der Waals surface area contributed by atoms with Crippen molar-refractivity contribution in [3.63, 3.8) is 0 Å². The maximum absolute atomic E-state index is 11.3. The molecule has 0 N–H and O–H groups in total. The van der Waals surface area contributed by atoms with E-state index in [2.05, 4.69) is 4.99 Å². The lowest BCUT2D eigenvalue weighted by Crippen LogP contribution is -2.22. The van der Waals surface area contributed by atoms with Gasteiger partial charge in [0, 0.05) is 5.71 Å². The third-order valence-corrected chi connectivity index (χ3v) is 1.35. The summed E-state index contributed by atoms with van der Waals surface area (Å²) in [7, 11) is 0. The molecule has 0 aromatic carbocycles. The normalized spacial score (nSPS) is 13.4. The molecule has 0 fully saturated rings. The van der Waals surface area contributed by atoms with E-state index in [-0.39, 0.29) is 0 Å². The molecule has 0 saturated heterocycles. The van der Waals surface area contributed by atoms with E-state index in [0.717, 1.165) is 12.1 Å². The van der Waals surface area contributed by atoms with Crippen LogP contribution in [0.5, 0.6) is 0 Å². The number of aliphatic imine (C=N–C) groups is 1. The molecular formula is C11H19NO2. The zero-order valence-corrected chi connectivity index (χ0v) is 9.63. The highest BCUT2D eigenvalue weighted by molar-refractivity contribution is 6.00. The van der Waals surface area contributed by atoms with Gasteiger partial charge in [0.2, 0.25) is 0 Å². The van der Waals surface area contributed by atoms with Crippen molar-refractivity contribution in [2.75, 3.05) is 0 Å². The highest BCUT2D eigenvalue weighted by Crippen LogP contribution is 2.08. The van der Waals surface area contributed by atoms with Crippen LogP contribution in [0.15, 0.2) is 17.1 Å². The predicted molar refractivity (Wildman–Crippen MR) is 58.8 cm³/mol. The number of carbonyl (C=O) groups excluding carboxylic acids is 1. The molecule has 0 aliphatic rings. The monoisotopic (exact) mass is 197 g/mol. The number of carbonyl (C=O) groups is 1. The average Bonchev–Trinajstić information content (AvgIpc) is 2.00. The number of amides is 1. The minimum atomic E-state index is -0.521. The predicted octanol–water partition coefficient (Wildman–Crippen LogP) is 3.35. The summed E-state index contributed by atoms with van der Waals surface area (Å²) in [6.07, 6.45) is 3.87. The van der Waals surface area contributed by atoms with Gasteiger partial charge in [0.05, 0.1) is 0 Å². The molecule has 0 rings (SSSR count). The van der Waals surface area contributed by atoms with Crippen LogP contribution in [0, 0.1) is 0 Å². The Morgan fingerprint density at radius 1 is 1.43 bits per heavy atom. The van der Waals surface area contributed by atoms with Crippen molar-refractivity contribution in [1.82, 2.24) is 0 Å². The molecule has 0 aliphatic heterocycles. The summed E-state index contributed by atoms with van der Waals surface area (Å²) >= 11 is 0. The zero-order valence-electron chi connectivity index (χ0n) is 9.63. The van der Waals surface area contributed by atoms with E-state index in [1.54, 1.807) is 0 Å². The van der Waals surface area contributed by atoms with Gasteiger partial charge in [-0.3, -0.25) is 0 Å². The molecule has 80 valence electrons. The molecule has 0 aromatic rings. The van der Waals surface area contributed by atoms with E-state index in [1.807, 2.05) is 46.8 Å². The van der Waals surface area contributed by atoms with Crippen molar-refractivity contribution in [3.8, 4) is 0 Å². The van der Waals surface area contributed by atoms with Gasteiger partial charge in [-0.25, -0.2) is 4.79 Å². The fourth-order valence-corrected chi connectivity index (χ4v) is 0.829. The minimum Gasteiger partial charge on any atom is -0.442 e. The molecule has 0 unspecified atom stereocenters. The first kappa shape index (κ1) is 12.9. The van der Waals surface area contributed by atoms with Gasteiger partial charge in [-0.2, -0.15) is 4.99 Å². The highest BCUT2D eigenvalue weighted by atomic mass is 16.6. The van der Waals surface area contributed by atoms with Gasteiger partial charge in [-0.1, -0.05) is 13.0 Å². The molecule has 14 heavy (non-hydrogen) atoms. The van der Waals surface area contributed by atoms with Crippen molar-refractivity contribution in [1.29, 1.82) is 0 Å². The Balaban J connectivity index is 4.40. The summed E-state index contributed by atoms with van der Waals surface area (Å²) in [6.45, 7) is 9.30. The van der Waals surface area contributed by atoms with Crippen molar-refractivity contribution in [3.05, 3.63) is 12.2 Å². The maximum atomic E-state index is 11.3. The zero-order chi connectivity index (χ0) is 11.2. The van der Waals surface area contributed by atoms with Gasteiger partial charge < -0.3 is 4.74 Å². The van der Waals surface area contributed by atoms with Crippen LogP contribution < -0.4 is 0 Å². The van der Waals surface area contributed by atoms with E-state index in [0.29, 0.717) is 0 Å². The molecule has 0 aliphatic carbocycles. The quantitative estimate of drug-likeness (QED) is 0.637. The fourth-order valence-electron chi connectivity index (χ4n) is 0.829. The summed E-state index contributed by atoms with van der Waals surface area (Å²) < 4.78 is 5.06. The maximum Gasteiger partial charge on any atom is 0.434 e. The number of ether oxygens (including phenoxy) is 1. The molecule has 0 radical (unpaired) electrons. The Morgan fingerprint density at radius 3 is 2.36 bits per heavy atom. The van der Waals surface area contributed by atoms with E-state index in [4.69, 9.17) is 4.74 Å². The van der Waals surface area contributed by atoms with Gasteiger partial charge in [-0.05, 0) is 40.2 Å². The summed E-state index contributed by atoms with van der Waals surface area (Å²) in [5.74, 6) is 0. The first-order valence-electron chi connectivity index (χ1n) is 4.82. The van der Waals surface area contributed by atoms with Crippen LogP contribution in [0.25, 0.3) is 0 Å². The molecule has 0 bridgehead atoms. The van der Waals surface area contributed by atoms with E-state index in [1.165, 1.54) is 0 Å². The van der Waals surface area contributed by atoms with Gasteiger partial charge in [-0.15, -0.1) is 0 Å². The van der Waals surface area contributed by atoms with Gasteiger partial charge in [0.15, 0.2) is 0 Å². The number of hydrogen-bond acceptors (Lipinski definition) is 2. The first-order valence-corrected chi connectivity index (χ1v) is 4.82. The van der Waals surface area contributed by atoms with Gasteiger partial charge in [0.25, 0.3) is 0 Å². The fraction of sp³-hybridized carbons (Fsp3) is 0.636. The molecule has 0 spiro atoms. The molecule has 0 saturated carbocycles. The van der Waals surface area contributed by atoms with Crippen molar-refractivity contribution < 1.29 is 9.53 Å². The van der Waals surface area contributed by atoms with Crippen LogP contribution >= 0.6 is 0 Å². The molecular weight excluding hydrogens is 178 g/mol. The molecule has 0 aromatic heterocycles. The average molecular weight is 197 g/mol. The van der Waals surface area contributed by atoms with Crippen LogP contribution in [0.4, 0.5) is 4.79 Å². The first-order chi connectivity index (χ1) is 6.39. The summed E-state index contributed by atoms with van der Waals surface area (Å²) in [4.78, 5) is 15.1. The number of allylic oxidation sites excluding steroid dienone is 2. The van der Waals surface area contributed by atoms with Crippen molar-refractivity contribution in [2.24, 2.45) is 4.99 Å². The highest BCUT2D eigenvalue weighted by Gasteiger charge is 2.15. The third kappa shape index (κ3) is 6.40. The smallest absolute Gasteiger partial charge is 0.434 e. The van der Waals surface area contributed by atoms with E-state index >= 15 is 0 Å². The Bertz CT molecular complexity index is 247. The summed E-state index contributed by atoms with van der Waals surface area (Å²) in [6, 6.07) is 0. The molecule has 0 heterocycles. The lowest BCUT2D eigenvalue weighted by Gasteiger charge is -2.17. The second-order valence-corrected chi connectivity index (χ2v) is 3.94. The number of nitrogens with zero attached hydrogens (tertiary/aromatic N) is 1. The van der Waals surface area contributed by atoms with Gasteiger partial charge in [0.1, 0.15) is 5.60 Å². The van der Waals surface area contributed by atoms with Crippen LogP contribution in [0.1, 0.15) is 41.0 Å². The Labute approximate surface area is 85.9 Å². The Hall–Kier alpha value is -1.12. The van der Waals surface area contributed by atoms with Crippen LogP contribution in [0.3, 0.4) is 0 Å². The van der Waals surface area contributed by atoms with Crippen molar-refractivity contribution >= 4 is 11.8 Å². The summed E-state index contributed by atoms with van der Waals surface area (Å²) in [5, 5.41) is 0. The number of hydrogen-bond donors (Lipinski definition) is 0. The Morgan fingerprint density at radius 2 is 2.00 bits per heavy atom. The lowest BCUT2D eigenvalue weighted by atomic mass is 10.2. The Kier molecular flexibility index (Phi) is 5.13. The molecule has 3 nitrogen and oxygen atoms in total.